The molecule has 1 unspecified atom stereocenters. The van der Waals surface area contributed by atoms with E-state index in [9.17, 15) is 8.42 Å². The van der Waals surface area contributed by atoms with Crippen LogP contribution in [0.25, 0.3) is 0 Å². The number of sulfonamides is 1. The predicted octanol–water partition coefficient (Wildman–Crippen LogP) is 1.86. The summed E-state index contributed by atoms with van der Waals surface area (Å²) in [4.78, 5) is 0. The highest BCUT2D eigenvalue weighted by Crippen LogP contribution is 2.24. The van der Waals surface area contributed by atoms with Crippen molar-refractivity contribution in [3.63, 3.8) is 0 Å². The average molecular weight is 276 g/mol. The van der Waals surface area contributed by atoms with Crippen molar-refractivity contribution in [1.82, 2.24) is 4.72 Å². The molecule has 0 aliphatic heterocycles. The third kappa shape index (κ3) is 6.16. The highest BCUT2D eigenvalue weighted by atomic mass is 32.2. The molecular formula is C13H28N2O2S. The van der Waals surface area contributed by atoms with Crippen molar-refractivity contribution >= 4 is 10.0 Å². The Bertz CT molecular complexity index is 311. The monoisotopic (exact) mass is 276 g/mol. The summed E-state index contributed by atoms with van der Waals surface area (Å²) in [5.74, 6) is 1.05. The van der Waals surface area contributed by atoms with E-state index in [-0.39, 0.29) is 0 Å². The maximum Gasteiger partial charge on any atom is 0.211 e. The maximum atomic E-state index is 12.0. The molecule has 5 heteroatoms. The van der Waals surface area contributed by atoms with Crippen LogP contribution in [-0.4, -0.2) is 27.3 Å². The van der Waals surface area contributed by atoms with Crippen molar-refractivity contribution in [3.05, 3.63) is 0 Å². The fraction of sp³-hybridized carbons (Fsp3) is 1.00. The first-order valence-electron chi connectivity index (χ1n) is 7.24. The molecule has 1 fully saturated rings. The third-order valence-corrected chi connectivity index (χ3v) is 5.44. The lowest BCUT2D eigenvalue weighted by atomic mass is 9.91. The number of nitrogens with one attached hydrogen (secondary N) is 1. The molecule has 0 radical (unpaired) electrons. The topological polar surface area (TPSA) is 72.2 Å². The van der Waals surface area contributed by atoms with Crippen molar-refractivity contribution in [3.8, 4) is 0 Å². The Morgan fingerprint density at radius 1 is 1.28 bits per heavy atom. The Hall–Kier alpha value is -0.130. The van der Waals surface area contributed by atoms with Crippen LogP contribution < -0.4 is 10.5 Å². The largest absolute Gasteiger partial charge is 0.330 e. The van der Waals surface area contributed by atoms with Crippen LogP contribution in [0.15, 0.2) is 0 Å². The summed E-state index contributed by atoms with van der Waals surface area (Å²) >= 11 is 0. The summed E-state index contributed by atoms with van der Waals surface area (Å²) in [6, 6.07) is 0. The second kappa shape index (κ2) is 8.12. The molecule has 108 valence electrons. The van der Waals surface area contributed by atoms with Gasteiger partial charge in [0.25, 0.3) is 0 Å². The molecule has 0 amide bonds. The molecule has 1 atom stereocenters. The smallest absolute Gasteiger partial charge is 0.211 e. The molecular weight excluding hydrogens is 248 g/mol. The van der Waals surface area contributed by atoms with Crippen LogP contribution in [0.3, 0.4) is 0 Å². The molecule has 0 heterocycles. The van der Waals surface area contributed by atoms with Gasteiger partial charge < -0.3 is 5.73 Å². The van der Waals surface area contributed by atoms with Gasteiger partial charge in [0.2, 0.25) is 10.0 Å². The first-order valence-corrected chi connectivity index (χ1v) is 8.90. The van der Waals surface area contributed by atoms with Gasteiger partial charge in [0, 0.05) is 6.54 Å². The summed E-state index contributed by atoms with van der Waals surface area (Å²) < 4.78 is 26.7. The summed E-state index contributed by atoms with van der Waals surface area (Å²) in [6.45, 7) is 3.25. The van der Waals surface area contributed by atoms with Crippen molar-refractivity contribution in [1.29, 1.82) is 0 Å². The number of hydrogen-bond acceptors (Lipinski definition) is 3. The molecule has 0 saturated heterocycles. The van der Waals surface area contributed by atoms with Gasteiger partial charge in [0.1, 0.15) is 0 Å². The van der Waals surface area contributed by atoms with Gasteiger partial charge >= 0.3 is 0 Å². The lowest BCUT2D eigenvalue weighted by Crippen LogP contribution is -2.34. The summed E-state index contributed by atoms with van der Waals surface area (Å²) in [5, 5.41) is 0. The predicted molar refractivity (Wildman–Crippen MR) is 75.8 cm³/mol. The van der Waals surface area contributed by atoms with Crippen LogP contribution in [0.1, 0.15) is 51.9 Å². The van der Waals surface area contributed by atoms with Gasteiger partial charge in [-0.15, -0.1) is 0 Å². The number of rotatable bonds is 8. The molecule has 4 nitrogen and oxygen atoms in total. The van der Waals surface area contributed by atoms with Crippen LogP contribution in [0, 0.1) is 11.8 Å². The fourth-order valence-electron chi connectivity index (χ4n) is 2.65. The minimum atomic E-state index is -3.10. The van der Waals surface area contributed by atoms with E-state index < -0.39 is 10.0 Å². The highest BCUT2D eigenvalue weighted by Gasteiger charge is 2.21. The SMILES string of the molecule is CCC(CCN)CNS(=O)(=O)CC1CCCCC1. The lowest BCUT2D eigenvalue weighted by molar-refractivity contribution is 0.382. The molecule has 0 aromatic rings. The first-order chi connectivity index (χ1) is 8.57. The van der Waals surface area contributed by atoms with Crippen molar-refractivity contribution in [2.24, 2.45) is 17.6 Å². The zero-order chi connectivity index (χ0) is 13.4. The molecule has 1 saturated carbocycles. The molecule has 0 aromatic carbocycles. The zero-order valence-electron chi connectivity index (χ0n) is 11.5. The highest BCUT2D eigenvalue weighted by molar-refractivity contribution is 7.89. The third-order valence-electron chi connectivity index (χ3n) is 3.92. The Morgan fingerprint density at radius 3 is 2.50 bits per heavy atom. The van der Waals surface area contributed by atoms with Crippen molar-refractivity contribution in [2.45, 2.75) is 51.9 Å². The Kier molecular flexibility index (Phi) is 7.19. The van der Waals surface area contributed by atoms with E-state index in [4.69, 9.17) is 5.73 Å². The van der Waals surface area contributed by atoms with Gasteiger partial charge in [0.15, 0.2) is 0 Å². The molecule has 1 aliphatic carbocycles. The molecule has 0 aromatic heterocycles. The molecule has 0 bridgehead atoms. The van der Waals surface area contributed by atoms with E-state index >= 15 is 0 Å². The van der Waals surface area contributed by atoms with E-state index in [0.717, 1.165) is 25.7 Å². The zero-order valence-corrected chi connectivity index (χ0v) is 12.3. The van der Waals surface area contributed by atoms with E-state index in [2.05, 4.69) is 11.6 Å². The van der Waals surface area contributed by atoms with E-state index in [1.165, 1.54) is 19.3 Å². The lowest BCUT2D eigenvalue weighted by Gasteiger charge is -2.22. The van der Waals surface area contributed by atoms with Crippen LogP contribution in [0.5, 0.6) is 0 Å². The van der Waals surface area contributed by atoms with Crippen LogP contribution >= 0.6 is 0 Å². The molecule has 0 spiro atoms. The fourth-order valence-corrected chi connectivity index (χ4v) is 4.22. The van der Waals surface area contributed by atoms with E-state index in [1.54, 1.807) is 0 Å². The van der Waals surface area contributed by atoms with Gasteiger partial charge in [-0.3, -0.25) is 0 Å². The second-order valence-electron chi connectivity index (χ2n) is 5.49. The maximum absolute atomic E-state index is 12.0. The Balaban J connectivity index is 2.33. The van der Waals surface area contributed by atoms with Gasteiger partial charge in [-0.2, -0.15) is 0 Å². The quantitative estimate of drug-likeness (QED) is 0.711. The summed E-state index contributed by atoms with van der Waals surface area (Å²) in [7, 11) is -3.10. The molecule has 1 rings (SSSR count). The minimum Gasteiger partial charge on any atom is -0.330 e. The standard InChI is InChI=1S/C13H28N2O2S/c1-2-12(8-9-14)10-15-18(16,17)11-13-6-4-3-5-7-13/h12-13,15H,2-11,14H2,1H3. The number of nitrogens with two attached hydrogens (primary N) is 1. The normalized spacial score (nSPS) is 19.9. The summed E-state index contributed by atoms with van der Waals surface area (Å²) in [5.41, 5.74) is 5.52. The Morgan fingerprint density at radius 2 is 1.94 bits per heavy atom. The van der Waals surface area contributed by atoms with Crippen LogP contribution in [0.4, 0.5) is 0 Å². The first kappa shape index (κ1) is 15.9. The van der Waals surface area contributed by atoms with Gasteiger partial charge in [-0.25, -0.2) is 13.1 Å². The van der Waals surface area contributed by atoms with E-state index in [1.807, 2.05) is 0 Å². The van der Waals surface area contributed by atoms with Crippen LogP contribution in [0.2, 0.25) is 0 Å². The Labute approximate surface area is 112 Å². The average Bonchev–Trinajstić information content (AvgIpc) is 2.35. The van der Waals surface area contributed by atoms with Gasteiger partial charge in [-0.05, 0) is 37.6 Å². The minimum absolute atomic E-state index is 0.312. The van der Waals surface area contributed by atoms with Gasteiger partial charge in [0.05, 0.1) is 5.75 Å². The molecule has 1 aliphatic rings. The molecule has 18 heavy (non-hydrogen) atoms. The van der Waals surface area contributed by atoms with Crippen molar-refractivity contribution < 1.29 is 8.42 Å². The second-order valence-corrected chi connectivity index (χ2v) is 7.34. The molecule has 3 N–H and O–H groups in total. The number of hydrogen-bond donors (Lipinski definition) is 2. The van der Waals surface area contributed by atoms with Crippen LogP contribution in [-0.2, 0) is 10.0 Å². The van der Waals surface area contributed by atoms with E-state index in [0.29, 0.717) is 30.7 Å². The summed E-state index contributed by atoms with van der Waals surface area (Å²) in [6.07, 6.45) is 7.64. The van der Waals surface area contributed by atoms with Gasteiger partial charge in [-0.1, -0.05) is 32.6 Å². The van der Waals surface area contributed by atoms with Crippen molar-refractivity contribution in [2.75, 3.05) is 18.8 Å².